The Bertz CT molecular complexity index is 3790. The number of furan rings is 1. The van der Waals surface area contributed by atoms with E-state index in [1.54, 1.807) is 0 Å². The van der Waals surface area contributed by atoms with Crippen molar-refractivity contribution in [1.29, 1.82) is 0 Å². The molecule has 7 aromatic carbocycles. The topological polar surface area (TPSA) is 61.2 Å². The van der Waals surface area contributed by atoms with Crippen LogP contribution in [0.5, 0.6) is 0 Å². The molecule has 0 N–H and O–H groups in total. The van der Waals surface area contributed by atoms with Crippen LogP contribution in [0.3, 0.4) is 0 Å². The first-order valence-electron chi connectivity index (χ1n) is 20.2. The monoisotopic (exact) mass is 755 g/mol. The lowest BCUT2D eigenvalue weighted by Gasteiger charge is -2.11. The quantitative estimate of drug-likeness (QED) is 0.168. The average molecular weight is 756 g/mol. The standard InChI is InChI=1S/C53H33N5O/c1-3-14-32(15-4-1)49-50-53(58-44-24-12-9-19-37(44)36-18-7-8-21-39(36)52(58)55-50)56-51(54-49)40-22-13-25-47-48(40)42-31-34(27-29-46(42)59-47)33-26-28-45-41(30-33)38-20-10-11-23-43(38)57(45)35-16-5-2-6-17-35/h2-3,5-31H,1,4H2. The van der Waals surface area contributed by atoms with E-state index >= 15 is 0 Å². The highest BCUT2D eigenvalue weighted by molar-refractivity contribution is 6.16. The fourth-order valence-corrected chi connectivity index (χ4v) is 9.49. The number of nitrogens with zero attached hydrogens (tertiary/aromatic N) is 5. The number of hydrogen-bond donors (Lipinski definition) is 0. The van der Waals surface area contributed by atoms with Gasteiger partial charge < -0.3 is 8.98 Å². The maximum atomic E-state index is 6.58. The predicted octanol–water partition coefficient (Wildman–Crippen LogP) is 13.6. The number of rotatable bonds is 4. The van der Waals surface area contributed by atoms with E-state index in [4.69, 9.17) is 19.4 Å². The largest absolute Gasteiger partial charge is 0.456 e. The molecule has 5 heterocycles. The molecule has 276 valence electrons. The summed E-state index contributed by atoms with van der Waals surface area (Å²) in [7, 11) is 0. The SMILES string of the molecule is C1=CC(c2nc(-c3cccc4oc5ccc(-c6ccc7c(c6)c6ccccc6n7-c6ccccc6)cc5c34)nc3c2nc2c4ccccc4c4ccccc4n32)=CCC1. The van der Waals surface area contributed by atoms with Gasteiger partial charge in [-0.1, -0.05) is 121 Å². The Morgan fingerprint density at radius 3 is 2.03 bits per heavy atom. The van der Waals surface area contributed by atoms with Gasteiger partial charge in [0.25, 0.3) is 0 Å². The van der Waals surface area contributed by atoms with Crippen LogP contribution < -0.4 is 0 Å². The maximum absolute atomic E-state index is 6.58. The van der Waals surface area contributed by atoms with Gasteiger partial charge in [0, 0.05) is 43.6 Å². The third kappa shape index (κ3) is 4.71. The first kappa shape index (κ1) is 32.3. The summed E-state index contributed by atoms with van der Waals surface area (Å²) in [5, 5.41) is 7.88. The van der Waals surface area contributed by atoms with Gasteiger partial charge in [-0.3, -0.25) is 4.40 Å². The van der Waals surface area contributed by atoms with Crippen LogP contribution in [0.25, 0.3) is 116 Å². The highest BCUT2D eigenvalue weighted by atomic mass is 16.3. The van der Waals surface area contributed by atoms with Crippen LogP contribution >= 0.6 is 0 Å². The van der Waals surface area contributed by atoms with Gasteiger partial charge in [0.15, 0.2) is 11.5 Å². The molecule has 13 rings (SSSR count). The first-order chi connectivity index (χ1) is 29.3. The number of pyridine rings is 1. The molecular weight excluding hydrogens is 723 g/mol. The molecule has 6 nitrogen and oxygen atoms in total. The molecule has 5 aromatic heterocycles. The van der Waals surface area contributed by atoms with Crippen molar-refractivity contribution in [3.05, 3.63) is 182 Å². The van der Waals surface area contributed by atoms with Crippen LogP contribution in [0.15, 0.2) is 180 Å². The van der Waals surface area contributed by atoms with Gasteiger partial charge in [-0.15, -0.1) is 0 Å². The lowest BCUT2D eigenvalue weighted by Crippen LogP contribution is -2.00. The average Bonchev–Trinajstić information content (AvgIpc) is 3.99. The van der Waals surface area contributed by atoms with Gasteiger partial charge in [0.2, 0.25) is 0 Å². The second-order valence-corrected chi connectivity index (χ2v) is 15.5. The van der Waals surface area contributed by atoms with E-state index < -0.39 is 0 Å². The predicted molar refractivity (Wildman–Crippen MR) is 242 cm³/mol. The minimum absolute atomic E-state index is 0.639. The fourth-order valence-electron chi connectivity index (χ4n) is 9.49. The van der Waals surface area contributed by atoms with E-state index in [2.05, 4.69) is 173 Å². The molecule has 1 aliphatic rings. The third-order valence-electron chi connectivity index (χ3n) is 12.1. The van der Waals surface area contributed by atoms with Crippen LogP contribution in [0.2, 0.25) is 0 Å². The number of para-hydroxylation sites is 3. The summed E-state index contributed by atoms with van der Waals surface area (Å²) in [6, 6.07) is 55.9. The van der Waals surface area contributed by atoms with Crippen LogP contribution in [0, 0.1) is 0 Å². The maximum Gasteiger partial charge on any atom is 0.169 e. The molecule has 59 heavy (non-hydrogen) atoms. The van der Waals surface area contributed by atoms with Crippen LogP contribution in [-0.4, -0.2) is 23.9 Å². The third-order valence-corrected chi connectivity index (χ3v) is 12.1. The van der Waals surface area contributed by atoms with E-state index in [1.807, 2.05) is 12.1 Å². The van der Waals surface area contributed by atoms with Crippen LogP contribution in [0.4, 0.5) is 0 Å². The molecule has 0 radical (unpaired) electrons. The van der Waals surface area contributed by atoms with Crippen molar-refractivity contribution >= 4 is 87.8 Å². The van der Waals surface area contributed by atoms with E-state index in [0.29, 0.717) is 5.82 Å². The Hall–Kier alpha value is -7.83. The van der Waals surface area contributed by atoms with Crippen LogP contribution in [0.1, 0.15) is 18.5 Å². The van der Waals surface area contributed by atoms with Gasteiger partial charge in [-0.25, -0.2) is 15.0 Å². The summed E-state index contributed by atoms with van der Waals surface area (Å²) >= 11 is 0. The van der Waals surface area contributed by atoms with Crippen LogP contribution in [-0.2, 0) is 0 Å². The fraction of sp³-hybridized carbons (Fsp3) is 0.0377. The Kier molecular flexibility index (Phi) is 6.75. The minimum Gasteiger partial charge on any atom is -0.456 e. The molecule has 0 fully saturated rings. The molecule has 12 aromatic rings. The zero-order chi connectivity index (χ0) is 38.6. The summed E-state index contributed by atoms with van der Waals surface area (Å²) in [6.45, 7) is 0. The molecule has 0 spiro atoms. The van der Waals surface area contributed by atoms with E-state index in [0.717, 1.165) is 102 Å². The van der Waals surface area contributed by atoms with Crippen molar-refractivity contribution in [2.75, 3.05) is 0 Å². The lowest BCUT2D eigenvalue weighted by molar-refractivity contribution is 0.669. The number of imidazole rings is 1. The Labute approximate surface area is 337 Å². The van der Waals surface area contributed by atoms with E-state index in [-0.39, 0.29) is 0 Å². The molecule has 0 atom stereocenters. The normalized spacial score (nSPS) is 13.3. The molecule has 0 saturated heterocycles. The Morgan fingerprint density at radius 2 is 1.20 bits per heavy atom. The zero-order valence-corrected chi connectivity index (χ0v) is 31.8. The summed E-state index contributed by atoms with van der Waals surface area (Å²) in [5.41, 5.74) is 13.7. The number of aromatic nitrogens is 5. The van der Waals surface area contributed by atoms with Gasteiger partial charge in [-0.2, -0.15) is 0 Å². The summed E-state index contributed by atoms with van der Waals surface area (Å²) in [5.74, 6) is 0.639. The van der Waals surface area contributed by atoms with Crippen molar-refractivity contribution in [3.8, 4) is 28.2 Å². The summed E-state index contributed by atoms with van der Waals surface area (Å²) in [4.78, 5) is 16.2. The van der Waals surface area contributed by atoms with Gasteiger partial charge in [0.05, 0.1) is 16.6 Å². The zero-order valence-electron chi connectivity index (χ0n) is 31.8. The molecule has 0 amide bonds. The first-order valence-corrected chi connectivity index (χ1v) is 20.2. The smallest absolute Gasteiger partial charge is 0.169 e. The molecule has 0 saturated carbocycles. The summed E-state index contributed by atoms with van der Waals surface area (Å²) in [6.07, 6.45) is 8.65. The summed E-state index contributed by atoms with van der Waals surface area (Å²) < 4.78 is 11.2. The van der Waals surface area contributed by atoms with Crippen molar-refractivity contribution in [1.82, 2.24) is 23.9 Å². The van der Waals surface area contributed by atoms with Gasteiger partial charge >= 0.3 is 0 Å². The highest BCUT2D eigenvalue weighted by Gasteiger charge is 2.23. The van der Waals surface area contributed by atoms with Crippen molar-refractivity contribution in [3.63, 3.8) is 0 Å². The number of fused-ring (bicyclic) bond motifs is 14. The molecule has 0 unspecified atom stereocenters. The molecular formula is C53H33N5O. The second-order valence-electron chi connectivity index (χ2n) is 15.5. The number of hydrogen-bond acceptors (Lipinski definition) is 4. The van der Waals surface area contributed by atoms with E-state index in [1.165, 1.54) is 27.2 Å². The lowest BCUT2D eigenvalue weighted by atomic mass is 9.99. The molecule has 0 aliphatic heterocycles. The van der Waals surface area contributed by atoms with Crippen molar-refractivity contribution in [2.45, 2.75) is 12.8 Å². The number of benzene rings is 7. The highest BCUT2D eigenvalue weighted by Crippen LogP contribution is 2.41. The Morgan fingerprint density at radius 1 is 0.492 bits per heavy atom. The van der Waals surface area contributed by atoms with Gasteiger partial charge in [0.1, 0.15) is 28.0 Å². The Balaban J connectivity index is 1.05. The number of allylic oxidation sites excluding steroid dienone is 4. The van der Waals surface area contributed by atoms with Gasteiger partial charge in [-0.05, 0) is 89.5 Å². The molecule has 1 aliphatic carbocycles. The molecule has 6 heteroatoms. The van der Waals surface area contributed by atoms with E-state index in [9.17, 15) is 0 Å². The van der Waals surface area contributed by atoms with Crippen molar-refractivity contribution in [2.24, 2.45) is 0 Å². The van der Waals surface area contributed by atoms with Crippen molar-refractivity contribution < 1.29 is 4.42 Å². The molecule has 0 bridgehead atoms. The minimum atomic E-state index is 0.639. The second kappa shape index (κ2) is 12.3.